The largest absolute Gasteiger partial charge is 0.341 e. The van der Waals surface area contributed by atoms with Crippen LogP contribution in [0.5, 0.6) is 0 Å². The first-order chi connectivity index (χ1) is 7.38. The molecule has 3 rings (SSSR count). The number of hydrogen-bond donors (Lipinski definition) is 2. The smallest absolute Gasteiger partial charge is 0.121 e. The fourth-order valence-corrected chi connectivity index (χ4v) is 1.89. The maximum atomic E-state index is 5.56. The zero-order valence-electron chi connectivity index (χ0n) is 8.20. The van der Waals surface area contributed by atoms with Crippen molar-refractivity contribution in [3.05, 3.63) is 42.2 Å². The van der Waals surface area contributed by atoms with E-state index in [4.69, 9.17) is 5.73 Å². The van der Waals surface area contributed by atoms with Crippen LogP contribution >= 0.6 is 0 Å². The van der Waals surface area contributed by atoms with Crippen molar-refractivity contribution in [2.75, 3.05) is 0 Å². The van der Waals surface area contributed by atoms with Crippen LogP contribution in [0.2, 0.25) is 0 Å². The van der Waals surface area contributed by atoms with Crippen molar-refractivity contribution in [3.63, 3.8) is 0 Å². The zero-order valence-corrected chi connectivity index (χ0v) is 8.20. The third-order valence-electron chi connectivity index (χ3n) is 2.62. The highest BCUT2D eigenvalue weighted by Gasteiger charge is 2.04. The molecule has 3 nitrogen and oxygen atoms in total. The molecule has 0 saturated heterocycles. The van der Waals surface area contributed by atoms with Gasteiger partial charge in [-0.1, -0.05) is 30.3 Å². The topological polar surface area (TPSA) is 54.7 Å². The van der Waals surface area contributed by atoms with Crippen molar-refractivity contribution in [2.45, 2.75) is 6.54 Å². The molecule has 0 unspecified atom stereocenters. The van der Waals surface area contributed by atoms with E-state index < -0.39 is 0 Å². The molecule has 0 radical (unpaired) electrons. The van der Waals surface area contributed by atoms with E-state index in [-0.39, 0.29) is 0 Å². The zero-order chi connectivity index (χ0) is 10.3. The highest BCUT2D eigenvalue weighted by atomic mass is 14.9. The number of imidazole rings is 1. The molecular formula is C12H11N3. The summed E-state index contributed by atoms with van der Waals surface area (Å²) < 4.78 is 0. The maximum absolute atomic E-state index is 5.56. The Morgan fingerprint density at radius 2 is 2.00 bits per heavy atom. The van der Waals surface area contributed by atoms with Crippen LogP contribution in [-0.2, 0) is 6.54 Å². The van der Waals surface area contributed by atoms with Gasteiger partial charge in [-0.05, 0) is 11.5 Å². The fourth-order valence-electron chi connectivity index (χ4n) is 1.89. The number of H-pyrrole nitrogens is 1. The first-order valence-corrected chi connectivity index (χ1v) is 4.95. The van der Waals surface area contributed by atoms with Gasteiger partial charge in [0.1, 0.15) is 5.82 Å². The van der Waals surface area contributed by atoms with Gasteiger partial charge in [-0.25, -0.2) is 4.98 Å². The third kappa shape index (κ3) is 1.21. The number of rotatable bonds is 1. The van der Waals surface area contributed by atoms with E-state index >= 15 is 0 Å². The van der Waals surface area contributed by atoms with Gasteiger partial charge in [0, 0.05) is 5.39 Å². The Morgan fingerprint density at radius 1 is 1.13 bits per heavy atom. The minimum atomic E-state index is 0.447. The molecule has 0 aliphatic heterocycles. The van der Waals surface area contributed by atoms with Crippen molar-refractivity contribution in [1.29, 1.82) is 0 Å². The molecular weight excluding hydrogens is 186 g/mol. The summed E-state index contributed by atoms with van der Waals surface area (Å²) >= 11 is 0. The van der Waals surface area contributed by atoms with Gasteiger partial charge in [-0.15, -0.1) is 0 Å². The molecule has 3 heteroatoms. The lowest BCUT2D eigenvalue weighted by molar-refractivity contribution is 0.959. The van der Waals surface area contributed by atoms with Gasteiger partial charge >= 0.3 is 0 Å². The van der Waals surface area contributed by atoms with Gasteiger partial charge in [-0.3, -0.25) is 0 Å². The Hall–Kier alpha value is -1.87. The van der Waals surface area contributed by atoms with Gasteiger partial charge in [-0.2, -0.15) is 0 Å². The predicted molar refractivity (Wildman–Crippen MR) is 61.5 cm³/mol. The van der Waals surface area contributed by atoms with Crippen LogP contribution in [0.3, 0.4) is 0 Å². The Balaban J connectivity index is 2.47. The molecule has 74 valence electrons. The van der Waals surface area contributed by atoms with E-state index in [0.29, 0.717) is 6.54 Å². The lowest BCUT2D eigenvalue weighted by Crippen LogP contribution is -1.97. The summed E-state index contributed by atoms with van der Waals surface area (Å²) in [4.78, 5) is 7.68. The van der Waals surface area contributed by atoms with E-state index in [0.717, 1.165) is 16.9 Å². The Kier molecular flexibility index (Phi) is 1.73. The van der Waals surface area contributed by atoms with E-state index in [1.54, 1.807) is 0 Å². The molecule has 0 aliphatic carbocycles. The van der Waals surface area contributed by atoms with Crippen LogP contribution < -0.4 is 5.73 Å². The number of aromatic amines is 1. The Bertz CT molecular complexity index is 625. The number of nitrogens with one attached hydrogen (secondary N) is 1. The number of hydrogen-bond acceptors (Lipinski definition) is 2. The van der Waals surface area contributed by atoms with Crippen LogP contribution in [0.15, 0.2) is 36.4 Å². The van der Waals surface area contributed by atoms with Crippen LogP contribution in [-0.4, -0.2) is 9.97 Å². The van der Waals surface area contributed by atoms with E-state index in [2.05, 4.69) is 28.2 Å². The van der Waals surface area contributed by atoms with Crippen LogP contribution in [0.1, 0.15) is 5.82 Å². The molecule has 0 amide bonds. The predicted octanol–water partition coefficient (Wildman–Crippen LogP) is 2.17. The molecule has 2 aromatic carbocycles. The lowest BCUT2D eigenvalue weighted by Gasteiger charge is -1.96. The van der Waals surface area contributed by atoms with E-state index in [1.165, 1.54) is 10.8 Å². The minimum Gasteiger partial charge on any atom is -0.341 e. The molecule has 0 saturated carbocycles. The van der Waals surface area contributed by atoms with Crippen molar-refractivity contribution < 1.29 is 0 Å². The van der Waals surface area contributed by atoms with Gasteiger partial charge in [0.25, 0.3) is 0 Å². The quantitative estimate of drug-likeness (QED) is 0.628. The molecule has 0 bridgehead atoms. The number of benzene rings is 2. The van der Waals surface area contributed by atoms with Crippen LogP contribution in [0, 0.1) is 0 Å². The third-order valence-corrected chi connectivity index (χ3v) is 2.62. The summed E-state index contributed by atoms with van der Waals surface area (Å²) in [5, 5.41) is 2.38. The van der Waals surface area contributed by atoms with Gasteiger partial charge in [0.2, 0.25) is 0 Å². The maximum Gasteiger partial charge on any atom is 0.121 e. The van der Waals surface area contributed by atoms with Crippen molar-refractivity contribution in [1.82, 2.24) is 9.97 Å². The molecule has 1 heterocycles. The number of aromatic nitrogens is 2. The highest BCUT2D eigenvalue weighted by molar-refractivity contribution is 6.04. The average Bonchev–Trinajstić information content (AvgIpc) is 2.72. The summed E-state index contributed by atoms with van der Waals surface area (Å²) in [7, 11) is 0. The SMILES string of the molecule is NCc1nc2c(ccc3ccccc32)[nH]1. The summed E-state index contributed by atoms with van der Waals surface area (Å²) in [5.41, 5.74) is 7.62. The number of nitrogens with two attached hydrogens (primary N) is 1. The van der Waals surface area contributed by atoms with E-state index in [9.17, 15) is 0 Å². The Labute approximate surface area is 86.9 Å². The normalized spacial score (nSPS) is 11.3. The number of nitrogens with zero attached hydrogens (tertiary/aromatic N) is 1. The minimum absolute atomic E-state index is 0.447. The first-order valence-electron chi connectivity index (χ1n) is 4.95. The van der Waals surface area contributed by atoms with Gasteiger partial charge in [0.05, 0.1) is 17.6 Å². The first kappa shape index (κ1) is 8.44. The van der Waals surface area contributed by atoms with E-state index in [1.807, 2.05) is 18.2 Å². The second kappa shape index (κ2) is 3.07. The van der Waals surface area contributed by atoms with Gasteiger partial charge < -0.3 is 10.7 Å². The van der Waals surface area contributed by atoms with Crippen molar-refractivity contribution >= 4 is 21.8 Å². The Morgan fingerprint density at radius 3 is 2.87 bits per heavy atom. The van der Waals surface area contributed by atoms with Crippen LogP contribution in [0.4, 0.5) is 0 Å². The number of fused-ring (bicyclic) bond motifs is 3. The molecule has 3 N–H and O–H groups in total. The summed E-state index contributed by atoms with van der Waals surface area (Å²) in [6.45, 7) is 0.447. The summed E-state index contributed by atoms with van der Waals surface area (Å²) in [6, 6.07) is 12.4. The lowest BCUT2D eigenvalue weighted by atomic mass is 10.1. The molecule has 15 heavy (non-hydrogen) atoms. The molecule has 0 fully saturated rings. The fraction of sp³-hybridized carbons (Fsp3) is 0.0833. The summed E-state index contributed by atoms with van der Waals surface area (Å²) in [6.07, 6.45) is 0. The second-order valence-electron chi connectivity index (χ2n) is 3.57. The van der Waals surface area contributed by atoms with Crippen molar-refractivity contribution in [3.8, 4) is 0 Å². The molecule has 3 aromatic rings. The highest BCUT2D eigenvalue weighted by Crippen LogP contribution is 2.23. The van der Waals surface area contributed by atoms with Crippen molar-refractivity contribution in [2.24, 2.45) is 5.73 Å². The molecule has 0 atom stereocenters. The van der Waals surface area contributed by atoms with Crippen LogP contribution in [0.25, 0.3) is 21.8 Å². The summed E-state index contributed by atoms with van der Waals surface area (Å²) in [5.74, 6) is 0.835. The monoisotopic (exact) mass is 197 g/mol. The average molecular weight is 197 g/mol. The second-order valence-corrected chi connectivity index (χ2v) is 3.57. The molecule has 0 spiro atoms. The molecule has 1 aromatic heterocycles. The standard InChI is InChI=1S/C12H11N3/c13-7-11-14-10-6-5-8-3-1-2-4-9(8)12(10)15-11/h1-6H,7,13H2,(H,14,15). The molecule has 0 aliphatic rings. The van der Waals surface area contributed by atoms with Gasteiger partial charge in [0.15, 0.2) is 0 Å².